The number of hydrogen-bond donors (Lipinski definition) is 3. The Kier molecular flexibility index (Phi) is 5.15. The van der Waals surface area contributed by atoms with Gasteiger partial charge in [-0.1, -0.05) is 13.0 Å². The lowest BCUT2D eigenvalue weighted by molar-refractivity contribution is 0.0950. The van der Waals surface area contributed by atoms with Crippen molar-refractivity contribution < 1.29 is 14.1 Å². The summed E-state index contributed by atoms with van der Waals surface area (Å²) in [7, 11) is -0.898. The van der Waals surface area contributed by atoms with Gasteiger partial charge in [0.15, 0.2) is 5.75 Å². The minimum atomic E-state index is -0.898. The molecule has 4 N–H and O–H groups in total. The molecule has 0 aliphatic rings. The summed E-state index contributed by atoms with van der Waals surface area (Å²) in [6.45, 7) is 2.27. The van der Waals surface area contributed by atoms with Crippen molar-refractivity contribution in [3.05, 3.63) is 23.8 Å². The highest BCUT2D eigenvalue weighted by atomic mass is 32.2. The Bertz CT molecular complexity index is 463. The molecule has 18 heavy (non-hydrogen) atoms. The summed E-state index contributed by atoms with van der Waals surface area (Å²) in [6, 6.07) is 4.63. The molecule has 1 amide bonds. The number of carbonyl (C=O) groups is 1. The van der Waals surface area contributed by atoms with Gasteiger partial charge in [-0.3, -0.25) is 9.00 Å². The molecule has 6 heteroatoms. The predicted molar refractivity (Wildman–Crippen MR) is 73.0 cm³/mol. The van der Waals surface area contributed by atoms with Gasteiger partial charge in [-0.2, -0.15) is 0 Å². The summed E-state index contributed by atoms with van der Waals surface area (Å²) in [5, 5.41) is 12.3. The molecular formula is C12H18N2O3S. The zero-order chi connectivity index (χ0) is 13.7. The normalized spacial score (nSPS) is 13.9. The number of hydrogen-bond acceptors (Lipinski definition) is 4. The Morgan fingerprint density at radius 2 is 2.22 bits per heavy atom. The highest BCUT2D eigenvalue weighted by Crippen LogP contribution is 2.23. The van der Waals surface area contributed by atoms with E-state index in [4.69, 9.17) is 5.73 Å². The van der Waals surface area contributed by atoms with Crippen LogP contribution < -0.4 is 11.1 Å². The molecule has 1 aromatic rings. The maximum absolute atomic E-state index is 11.8. The van der Waals surface area contributed by atoms with Crippen LogP contribution >= 0.6 is 0 Å². The SMILES string of the molecule is CC(CCNC(=O)c1cccc(N)c1O)S(C)=O. The molecular weight excluding hydrogens is 252 g/mol. The summed E-state index contributed by atoms with van der Waals surface area (Å²) in [6.07, 6.45) is 2.26. The van der Waals surface area contributed by atoms with Crippen molar-refractivity contribution in [1.29, 1.82) is 0 Å². The van der Waals surface area contributed by atoms with Crippen molar-refractivity contribution in [1.82, 2.24) is 5.32 Å². The quantitative estimate of drug-likeness (QED) is 0.546. The van der Waals surface area contributed by atoms with Crippen LogP contribution in [0, 0.1) is 0 Å². The monoisotopic (exact) mass is 270 g/mol. The lowest BCUT2D eigenvalue weighted by Gasteiger charge is -2.10. The largest absolute Gasteiger partial charge is 0.505 e. The zero-order valence-electron chi connectivity index (χ0n) is 10.5. The van der Waals surface area contributed by atoms with Crippen molar-refractivity contribution in [3.8, 4) is 5.75 Å². The van der Waals surface area contributed by atoms with Crippen LogP contribution in [0.5, 0.6) is 5.75 Å². The number of nitrogen functional groups attached to an aromatic ring is 1. The summed E-state index contributed by atoms with van der Waals surface area (Å²) in [5.74, 6) is -0.587. The number of nitrogens with one attached hydrogen (secondary N) is 1. The van der Waals surface area contributed by atoms with Crippen molar-refractivity contribution in [3.63, 3.8) is 0 Å². The first-order chi connectivity index (χ1) is 8.43. The van der Waals surface area contributed by atoms with E-state index in [-0.39, 0.29) is 28.2 Å². The lowest BCUT2D eigenvalue weighted by atomic mass is 10.1. The first-order valence-corrected chi connectivity index (χ1v) is 7.23. The number of para-hydroxylation sites is 1. The predicted octanol–water partition coefficient (Wildman–Crippen LogP) is 0.861. The van der Waals surface area contributed by atoms with E-state index < -0.39 is 10.8 Å². The van der Waals surface area contributed by atoms with Gasteiger partial charge in [0.05, 0.1) is 11.3 Å². The number of nitrogens with two attached hydrogens (primary N) is 1. The summed E-state index contributed by atoms with van der Waals surface area (Å²) < 4.78 is 11.1. The number of carbonyl (C=O) groups excluding carboxylic acids is 1. The molecule has 0 aliphatic heterocycles. The Hall–Kier alpha value is -1.56. The molecule has 0 aromatic heterocycles. The Morgan fingerprint density at radius 3 is 2.83 bits per heavy atom. The Labute approximate surface area is 109 Å². The summed E-state index contributed by atoms with van der Waals surface area (Å²) in [5.41, 5.74) is 5.83. The highest BCUT2D eigenvalue weighted by molar-refractivity contribution is 7.84. The number of benzene rings is 1. The van der Waals surface area contributed by atoms with Crippen molar-refractivity contribution >= 4 is 22.4 Å². The fourth-order valence-corrected chi connectivity index (χ4v) is 1.84. The van der Waals surface area contributed by atoms with Gasteiger partial charge < -0.3 is 16.2 Å². The third-order valence-corrected chi connectivity index (χ3v) is 4.08. The molecule has 0 heterocycles. The first kappa shape index (κ1) is 14.5. The van der Waals surface area contributed by atoms with E-state index in [0.29, 0.717) is 13.0 Å². The van der Waals surface area contributed by atoms with E-state index in [2.05, 4.69) is 5.32 Å². The molecule has 5 nitrogen and oxygen atoms in total. The van der Waals surface area contributed by atoms with Gasteiger partial charge in [0.2, 0.25) is 0 Å². The van der Waals surface area contributed by atoms with Crippen molar-refractivity contribution in [2.75, 3.05) is 18.5 Å². The lowest BCUT2D eigenvalue weighted by Crippen LogP contribution is -2.27. The molecule has 0 aliphatic carbocycles. The van der Waals surface area contributed by atoms with Crippen LogP contribution in [0.15, 0.2) is 18.2 Å². The van der Waals surface area contributed by atoms with Crippen molar-refractivity contribution in [2.45, 2.75) is 18.6 Å². The molecule has 0 saturated heterocycles. The van der Waals surface area contributed by atoms with E-state index in [9.17, 15) is 14.1 Å². The van der Waals surface area contributed by atoms with Crippen LogP contribution in [0.2, 0.25) is 0 Å². The first-order valence-electron chi connectivity index (χ1n) is 5.61. The zero-order valence-corrected chi connectivity index (χ0v) is 11.3. The van der Waals surface area contributed by atoms with Crippen LogP contribution in [-0.2, 0) is 10.8 Å². The van der Waals surface area contributed by atoms with Gasteiger partial charge in [-0.05, 0) is 18.6 Å². The van der Waals surface area contributed by atoms with E-state index >= 15 is 0 Å². The second kappa shape index (κ2) is 6.39. The smallest absolute Gasteiger partial charge is 0.255 e. The number of phenolic OH excluding ortho intramolecular Hbond substituents is 1. The van der Waals surface area contributed by atoms with Gasteiger partial charge >= 0.3 is 0 Å². The number of phenols is 1. The maximum Gasteiger partial charge on any atom is 0.255 e. The molecule has 1 rings (SSSR count). The van der Waals surface area contributed by atoms with Crippen LogP contribution in [0.3, 0.4) is 0 Å². The molecule has 0 radical (unpaired) electrons. The van der Waals surface area contributed by atoms with Gasteiger partial charge in [0, 0.05) is 28.9 Å². The number of anilines is 1. The molecule has 2 atom stereocenters. The van der Waals surface area contributed by atoms with E-state index in [1.807, 2.05) is 6.92 Å². The van der Waals surface area contributed by atoms with Crippen LogP contribution in [-0.4, -0.2) is 33.3 Å². The van der Waals surface area contributed by atoms with Gasteiger partial charge in [-0.15, -0.1) is 0 Å². The van der Waals surface area contributed by atoms with E-state index in [1.54, 1.807) is 12.3 Å². The topological polar surface area (TPSA) is 92.4 Å². The standard InChI is InChI=1S/C12H18N2O3S/c1-8(18(2)17)6-7-14-12(16)9-4-3-5-10(13)11(9)15/h3-5,8,15H,6-7,13H2,1-2H3,(H,14,16). The molecule has 0 fully saturated rings. The Morgan fingerprint density at radius 1 is 1.56 bits per heavy atom. The number of aromatic hydroxyl groups is 1. The van der Waals surface area contributed by atoms with Crippen LogP contribution in [0.4, 0.5) is 5.69 Å². The molecule has 1 aromatic carbocycles. The summed E-state index contributed by atoms with van der Waals surface area (Å²) in [4.78, 5) is 11.8. The molecule has 2 unspecified atom stereocenters. The average molecular weight is 270 g/mol. The van der Waals surface area contributed by atoms with Gasteiger partial charge in [0.1, 0.15) is 0 Å². The van der Waals surface area contributed by atoms with Crippen LogP contribution in [0.25, 0.3) is 0 Å². The second-order valence-corrected chi connectivity index (χ2v) is 5.90. The maximum atomic E-state index is 11.8. The Balaban J connectivity index is 2.56. The van der Waals surface area contributed by atoms with Gasteiger partial charge in [-0.25, -0.2) is 0 Å². The second-order valence-electron chi connectivity index (χ2n) is 4.10. The summed E-state index contributed by atoms with van der Waals surface area (Å²) >= 11 is 0. The van der Waals surface area contributed by atoms with Crippen molar-refractivity contribution in [2.24, 2.45) is 0 Å². The van der Waals surface area contributed by atoms with Crippen LogP contribution in [0.1, 0.15) is 23.7 Å². The van der Waals surface area contributed by atoms with E-state index in [1.165, 1.54) is 12.1 Å². The van der Waals surface area contributed by atoms with E-state index in [0.717, 1.165) is 0 Å². The molecule has 0 spiro atoms. The number of rotatable bonds is 5. The highest BCUT2D eigenvalue weighted by Gasteiger charge is 2.13. The third kappa shape index (κ3) is 3.73. The fraction of sp³-hybridized carbons (Fsp3) is 0.417. The molecule has 0 bridgehead atoms. The minimum Gasteiger partial charge on any atom is -0.505 e. The number of amides is 1. The molecule has 100 valence electrons. The third-order valence-electron chi connectivity index (χ3n) is 2.71. The fourth-order valence-electron chi connectivity index (χ4n) is 1.39. The molecule has 0 saturated carbocycles. The average Bonchev–Trinajstić information content (AvgIpc) is 2.32. The minimum absolute atomic E-state index is 0.0275. The van der Waals surface area contributed by atoms with Gasteiger partial charge in [0.25, 0.3) is 5.91 Å².